The topological polar surface area (TPSA) is 65.5 Å². The Kier molecular flexibility index (Phi) is 7.12. The number of hydrogen-bond acceptors (Lipinski definition) is 4. The summed E-state index contributed by atoms with van der Waals surface area (Å²) in [6, 6.07) is 0. The molecular weight excluding hydrogens is 424 g/mol. The number of epoxide rings is 2. The summed E-state index contributed by atoms with van der Waals surface area (Å²) in [6.45, 7) is 12.9. The summed E-state index contributed by atoms with van der Waals surface area (Å²) in [5.41, 5.74) is 2.25. The molecule has 4 heteroatoms. The van der Waals surface area contributed by atoms with E-state index < -0.39 is 0 Å². The minimum absolute atomic E-state index is 0.00934. The van der Waals surface area contributed by atoms with Gasteiger partial charge < -0.3 is 19.7 Å². The first kappa shape index (κ1) is 25.9. The molecule has 4 rings (SSSR count). The molecule has 0 saturated carbocycles. The second-order valence-electron chi connectivity index (χ2n) is 12.8. The van der Waals surface area contributed by atoms with Crippen LogP contribution in [0.3, 0.4) is 0 Å². The lowest BCUT2D eigenvalue weighted by Crippen LogP contribution is -2.34. The minimum Gasteiger partial charge on any atom is -0.392 e. The summed E-state index contributed by atoms with van der Waals surface area (Å²) in [6.07, 6.45) is 20.6. The summed E-state index contributed by atoms with van der Waals surface area (Å²) in [5.74, 6) is 0. The molecule has 0 radical (unpaired) electrons. The van der Waals surface area contributed by atoms with Crippen LogP contribution in [0.4, 0.5) is 0 Å². The van der Waals surface area contributed by atoms with Gasteiger partial charge in [0.05, 0.1) is 35.6 Å². The molecule has 0 aromatic heterocycles. The third kappa shape index (κ3) is 5.95. The third-order valence-electron chi connectivity index (χ3n) is 8.92. The van der Waals surface area contributed by atoms with Crippen LogP contribution in [-0.4, -0.2) is 45.8 Å². The first-order chi connectivity index (χ1) is 15.8. The molecular formula is C30H46O4. The van der Waals surface area contributed by atoms with Crippen LogP contribution in [0.2, 0.25) is 0 Å². The SMILES string of the molecule is CC1(C)O[C@@H]1CC[C@@]1(C)C=C(/C=C/C=C/C2=C[C@](C)(CC[C@H]3OC3(C)C)[C@@H](O)CC2)CC[C@@H]1O. The normalized spacial score (nSPS) is 40.9. The van der Waals surface area contributed by atoms with Gasteiger partial charge in [-0.3, -0.25) is 0 Å². The van der Waals surface area contributed by atoms with E-state index >= 15 is 0 Å². The highest BCUT2D eigenvalue weighted by atomic mass is 16.6. The van der Waals surface area contributed by atoms with Crippen LogP contribution < -0.4 is 0 Å². The van der Waals surface area contributed by atoms with Crippen LogP contribution in [0, 0.1) is 10.8 Å². The molecule has 0 amide bonds. The van der Waals surface area contributed by atoms with Crippen LogP contribution in [0.5, 0.6) is 0 Å². The standard InChI is InChI=1S/C30H46O4/c1-27(2)25(33-27)15-17-29(5)19-21(11-13-23(29)31)9-7-8-10-22-12-14-24(32)30(6,20-22)18-16-26-28(3,4)34-26/h7-10,19-20,23-26,31-32H,11-18H2,1-6H3/b9-7+,10-8+/t23-,24-,25+,26+,29-,30-/m0/s1. The second kappa shape index (κ2) is 9.35. The van der Waals surface area contributed by atoms with Crippen LogP contribution in [-0.2, 0) is 9.47 Å². The summed E-state index contributed by atoms with van der Waals surface area (Å²) >= 11 is 0. The highest BCUT2D eigenvalue weighted by molar-refractivity contribution is 5.32. The molecule has 2 N–H and O–H groups in total. The Labute approximate surface area is 206 Å². The van der Waals surface area contributed by atoms with Crippen molar-refractivity contribution in [2.45, 2.75) is 129 Å². The molecule has 2 aliphatic carbocycles. The molecule has 2 heterocycles. The van der Waals surface area contributed by atoms with Gasteiger partial charge in [-0.15, -0.1) is 0 Å². The number of aliphatic hydroxyl groups excluding tert-OH is 2. The van der Waals surface area contributed by atoms with E-state index in [2.05, 4.69) is 78.0 Å². The van der Waals surface area contributed by atoms with Gasteiger partial charge in [-0.2, -0.15) is 0 Å². The molecule has 6 atom stereocenters. The number of aliphatic hydroxyl groups is 2. The molecule has 0 bridgehead atoms. The van der Waals surface area contributed by atoms with Crippen molar-refractivity contribution in [3.05, 3.63) is 47.6 Å². The van der Waals surface area contributed by atoms with Gasteiger partial charge in [-0.25, -0.2) is 0 Å². The van der Waals surface area contributed by atoms with E-state index in [-0.39, 0.29) is 34.2 Å². The van der Waals surface area contributed by atoms with Crippen molar-refractivity contribution < 1.29 is 19.7 Å². The largest absolute Gasteiger partial charge is 0.392 e. The monoisotopic (exact) mass is 470 g/mol. The predicted octanol–water partition coefficient (Wildman–Crippen LogP) is 6.19. The average Bonchev–Trinajstić information content (AvgIpc) is 3.60. The van der Waals surface area contributed by atoms with Gasteiger partial charge >= 0.3 is 0 Å². The van der Waals surface area contributed by atoms with Gasteiger partial charge in [0.1, 0.15) is 0 Å². The number of ether oxygens (including phenoxy) is 2. The van der Waals surface area contributed by atoms with Gasteiger partial charge in [0.15, 0.2) is 0 Å². The van der Waals surface area contributed by atoms with Crippen LogP contribution in [0.15, 0.2) is 47.6 Å². The predicted molar refractivity (Wildman–Crippen MR) is 138 cm³/mol. The van der Waals surface area contributed by atoms with E-state index in [1.807, 2.05) is 0 Å². The van der Waals surface area contributed by atoms with Gasteiger partial charge in [-0.05, 0) is 79.1 Å². The zero-order valence-corrected chi connectivity index (χ0v) is 22.1. The van der Waals surface area contributed by atoms with Crippen LogP contribution in [0.25, 0.3) is 0 Å². The maximum absolute atomic E-state index is 10.7. The highest BCUT2D eigenvalue weighted by Gasteiger charge is 2.49. The quantitative estimate of drug-likeness (QED) is 0.311. The van der Waals surface area contributed by atoms with Crippen molar-refractivity contribution in [3.63, 3.8) is 0 Å². The molecule has 34 heavy (non-hydrogen) atoms. The zero-order valence-electron chi connectivity index (χ0n) is 22.1. The number of rotatable bonds is 9. The van der Waals surface area contributed by atoms with Crippen molar-refractivity contribution in [1.29, 1.82) is 0 Å². The van der Waals surface area contributed by atoms with Crippen LogP contribution >= 0.6 is 0 Å². The summed E-state index contributed by atoms with van der Waals surface area (Å²) in [7, 11) is 0. The Balaban J connectivity index is 1.34. The van der Waals surface area contributed by atoms with Crippen molar-refractivity contribution in [1.82, 2.24) is 0 Å². The fourth-order valence-electron chi connectivity index (χ4n) is 5.91. The lowest BCUT2D eigenvalue weighted by Gasteiger charge is -2.36. The Morgan fingerprint density at radius 3 is 1.41 bits per heavy atom. The molecule has 0 spiro atoms. The van der Waals surface area contributed by atoms with Gasteiger partial charge in [0, 0.05) is 10.8 Å². The van der Waals surface area contributed by atoms with E-state index in [1.165, 1.54) is 11.1 Å². The fourth-order valence-corrected chi connectivity index (χ4v) is 5.91. The third-order valence-corrected chi connectivity index (χ3v) is 8.92. The summed E-state index contributed by atoms with van der Waals surface area (Å²) in [5, 5.41) is 21.3. The molecule has 0 aromatic rings. The maximum atomic E-state index is 10.7. The molecule has 0 aromatic carbocycles. The first-order valence-electron chi connectivity index (χ1n) is 13.3. The molecule has 0 unspecified atom stereocenters. The van der Waals surface area contributed by atoms with Crippen molar-refractivity contribution in [3.8, 4) is 0 Å². The van der Waals surface area contributed by atoms with E-state index in [9.17, 15) is 10.2 Å². The maximum Gasteiger partial charge on any atom is 0.0892 e. The minimum atomic E-state index is -0.287. The first-order valence-corrected chi connectivity index (χ1v) is 13.3. The van der Waals surface area contributed by atoms with E-state index in [0.717, 1.165) is 51.4 Å². The Morgan fingerprint density at radius 2 is 1.09 bits per heavy atom. The van der Waals surface area contributed by atoms with Gasteiger partial charge in [0.2, 0.25) is 0 Å². The lowest BCUT2D eigenvalue weighted by atomic mass is 9.72. The number of allylic oxidation sites excluding steroid dienone is 6. The Hall–Kier alpha value is -1.20. The smallest absolute Gasteiger partial charge is 0.0892 e. The fraction of sp³-hybridized carbons (Fsp3) is 0.733. The average molecular weight is 471 g/mol. The van der Waals surface area contributed by atoms with E-state index in [1.54, 1.807) is 0 Å². The van der Waals surface area contributed by atoms with Crippen LogP contribution in [0.1, 0.15) is 92.9 Å². The van der Waals surface area contributed by atoms with Crippen molar-refractivity contribution in [2.75, 3.05) is 0 Å². The highest BCUT2D eigenvalue weighted by Crippen LogP contribution is 2.46. The molecule has 4 aliphatic rings. The summed E-state index contributed by atoms with van der Waals surface area (Å²) < 4.78 is 11.5. The molecule has 2 fully saturated rings. The van der Waals surface area contributed by atoms with Crippen molar-refractivity contribution >= 4 is 0 Å². The molecule has 190 valence electrons. The second-order valence-corrected chi connectivity index (χ2v) is 12.8. The van der Waals surface area contributed by atoms with E-state index in [0.29, 0.717) is 12.2 Å². The van der Waals surface area contributed by atoms with Gasteiger partial charge in [0.25, 0.3) is 0 Å². The van der Waals surface area contributed by atoms with E-state index in [4.69, 9.17) is 9.47 Å². The summed E-state index contributed by atoms with van der Waals surface area (Å²) in [4.78, 5) is 0. The number of hydrogen-bond donors (Lipinski definition) is 2. The Bertz CT molecular complexity index is 806. The van der Waals surface area contributed by atoms with Crippen molar-refractivity contribution in [2.24, 2.45) is 10.8 Å². The lowest BCUT2D eigenvalue weighted by molar-refractivity contribution is 0.0474. The Morgan fingerprint density at radius 1 is 0.735 bits per heavy atom. The molecule has 2 aliphatic heterocycles. The molecule has 4 nitrogen and oxygen atoms in total. The molecule has 2 saturated heterocycles. The zero-order chi connectivity index (χ0) is 24.8. The van der Waals surface area contributed by atoms with Gasteiger partial charge in [-0.1, -0.05) is 61.4 Å².